The van der Waals surface area contributed by atoms with Crippen LogP contribution >= 0.6 is 0 Å². The van der Waals surface area contributed by atoms with Gasteiger partial charge in [0.05, 0.1) is 0 Å². The second-order valence-corrected chi connectivity index (χ2v) is 6.86. The van der Waals surface area contributed by atoms with Gasteiger partial charge in [0.1, 0.15) is 5.82 Å². The second kappa shape index (κ2) is 5.62. The minimum atomic E-state index is -4.62. The molecule has 2 aliphatic rings. The molecule has 1 atom stereocenters. The monoisotopic (exact) mass is 374 g/mol. The van der Waals surface area contributed by atoms with Gasteiger partial charge in [-0.25, -0.2) is 13.8 Å². The molecule has 0 amide bonds. The van der Waals surface area contributed by atoms with Crippen molar-refractivity contribution < 1.29 is 26.5 Å². The van der Waals surface area contributed by atoms with Crippen LogP contribution in [-0.2, 0) is 5.41 Å². The minimum Gasteiger partial charge on any atom is -0.355 e. The third kappa shape index (κ3) is 2.71. The van der Waals surface area contributed by atoms with Gasteiger partial charge < -0.3 is 9.42 Å². The molecule has 0 spiro atoms. The van der Waals surface area contributed by atoms with Crippen molar-refractivity contribution in [2.75, 3.05) is 18.0 Å². The van der Waals surface area contributed by atoms with Crippen molar-refractivity contribution >= 4 is 5.82 Å². The van der Waals surface area contributed by atoms with Crippen LogP contribution in [0.25, 0.3) is 0 Å². The van der Waals surface area contributed by atoms with Gasteiger partial charge in [-0.15, -0.1) is 0 Å². The van der Waals surface area contributed by atoms with E-state index in [-0.39, 0.29) is 18.8 Å². The zero-order chi connectivity index (χ0) is 18.6. The van der Waals surface area contributed by atoms with E-state index in [2.05, 4.69) is 15.1 Å². The maximum absolute atomic E-state index is 13.9. The molecular formula is C16H15F5N4O. The van der Waals surface area contributed by atoms with Crippen molar-refractivity contribution in [1.82, 2.24) is 15.1 Å². The van der Waals surface area contributed by atoms with Crippen molar-refractivity contribution in [2.24, 2.45) is 0 Å². The first-order valence-electron chi connectivity index (χ1n) is 8.15. The van der Waals surface area contributed by atoms with Gasteiger partial charge in [-0.2, -0.15) is 18.2 Å². The first kappa shape index (κ1) is 17.2. The van der Waals surface area contributed by atoms with Crippen LogP contribution in [0.2, 0.25) is 0 Å². The largest absolute Gasteiger partial charge is 0.405 e. The lowest BCUT2D eigenvalue weighted by molar-refractivity contribution is -0.191. The maximum atomic E-state index is 13.9. The molecule has 1 saturated carbocycles. The van der Waals surface area contributed by atoms with E-state index in [9.17, 15) is 22.0 Å². The van der Waals surface area contributed by atoms with Gasteiger partial charge in [0.2, 0.25) is 11.8 Å². The molecular weight excluding hydrogens is 359 g/mol. The van der Waals surface area contributed by atoms with E-state index in [0.717, 1.165) is 0 Å². The van der Waals surface area contributed by atoms with E-state index in [4.69, 9.17) is 4.52 Å². The van der Waals surface area contributed by atoms with Crippen molar-refractivity contribution in [3.8, 4) is 0 Å². The van der Waals surface area contributed by atoms with Crippen LogP contribution in [0.5, 0.6) is 0 Å². The van der Waals surface area contributed by atoms with Crippen molar-refractivity contribution in [3.05, 3.63) is 36.1 Å². The molecule has 1 aliphatic carbocycles. The number of rotatable bonds is 3. The Kier molecular flexibility index (Phi) is 3.71. The summed E-state index contributed by atoms with van der Waals surface area (Å²) in [6.07, 6.45) is -4.32. The van der Waals surface area contributed by atoms with Gasteiger partial charge in [-0.05, 0) is 18.6 Å². The highest BCUT2D eigenvalue weighted by atomic mass is 19.4. The zero-order valence-corrected chi connectivity index (χ0v) is 13.5. The fourth-order valence-electron chi connectivity index (χ4n) is 3.51. The molecule has 2 aromatic rings. The van der Waals surface area contributed by atoms with Crippen LogP contribution in [0.4, 0.5) is 27.8 Å². The highest BCUT2D eigenvalue weighted by molar-refractivity contribution is 5.42. The Morgan fingerprint density at radius 3 is 2.58 bits per heavy atom. The predicted molar refractivity (Wildman–Crippen MR) is 80.0 cm³/mol. The van der Waals surface area contributed by atoms with Gasteiger partial charge in [0, 0.05) is 38.0 Å². The van der Waals surface area contributed by atoms with E-state index >= 15 is 0 Å². The van der Waals surface area contributed by atoms with Gasteiger partial charge in [0.25, 0.3) is 0 Å². The molecule has 140 valence electrons. The third-order valence-electron chi connectivity index (χ3n) is 5.09. The van der Waals surface area contributed by atoms with Gasteiger partial charge in [-0.1, -0.05) is 11.2 Å². The number of anilines is 1. The molecule has 3 heterocycles. The van der Waals surface area contributed by atoms with Crippen LogP contribution < -0.4 is 4.90 Å². The molecule has 5 nitrogen and oxygen atoms in total. The Morgan fingerprint density at radius 2 is 1.96 bits per heavy atom. The average Bonchev–Trinajstić information content (AvgIpc) is 3.20. The van der Waals surface area contributed by atoms with Gasteiger partial charge >= 0.3 is 6.18 Å². The molecule has 2 fully saturated rings. The fourth-order valence-corrected chi connectivity index (χ4v) is 3.51. The van der Waals surface area contributed by atoms with Crippen molar-refractivity contribution in [1.29, 1.82) is 0 Å². The van der Waals surface area contributed by atoms with Crippen molar-refractivity contribution in [2.45, 2.75) is 42.7 Å². The minimum absolute atomic E-state index is 0.0779. The average molecular weight is 374 g/mol. The summed E-state index contributed by atoms with van der Waals surface area (Å²) in [5.74, 6) is -3.69. The maximum Gasteiger partial charge on any atom is 0.405 e. The zero-order valence-electron chi connectivity index (χ0n) is 13.5. The van der Waals surface area contributed by atoms with E-state index in [1.165, 1.54) is 11.1 Å². The third-order valence-corrected chi connectivity index (χ3v) is 5.09. The summed E-state index contributed by atoms with van der Waals surface area (Å²) in [4.78, 5) is 9.46. The fraction of sp³-hybridized carbons (Fsp3) is 0.562. The van der Waals surface area contributed by atoms with Crippen LogP contribution in [0.1, 0.15) is 36.9 Å². The molecule has 0 radical (unpaired) electrons. The molecule has 1 aliphatic heterocycles. The van der Waals surface area contributed by atoms with Crippen LogP contribution in [0.15, 0.2) is 28.9 Å². The summed E-state index contributed by atoms with van der Waals surface area (Å²) < 4.78 is 72.7. The van der Waals surface area contributed by atoms with E-state index in [1.807, 2.05) is 0 Å². The summed E-state index contributed by atoms with van der Waals surface area (Å²) >= 11 is 0. The van der Waals surface area contributed by atoms with Crippen LogP contribution in [-0.4, -0.2) is 40.3 Å². The lowest BCUT2D eigenvalue weighted by Gasteiger charge is -2.32. The van der Waals surface area contributed by atoms with E-state index < -0.39 is 48.7 Å². The number of aromatic nitrogens is 3. The Hall–Kier alpha value is -2.26. The highest BCUT2D eigenvalue weighted by Crippen LogP contribution is 2.50. The first-order chi connectivity index (χ1) is 12.2. The Balaban J connectivity index is 1.62. The van der Waals surface area contributed by atoms with Crippen LogP contribution in [0, 0.1) is 0 Å². The topological polar surface area (TPSA) is 55.1 Å². The smallest absolute Gasteiger partial charge is 0.355 e. The predicted octanol–water partition coefficient (Wildman–Crippen LogP) is 3.69. The standard InChI is InChI=1S/C16H15F5N4O/c17-15(18)7-10(8-15)12-23-13(26-24-12)14(16(19,20)21)4-6-25(9-14)11-3-1-2-5-22-11/h1-3,5,10H,4,6-9H2. The number of hydrogen-bond donors (Lipinski definition) is 0. The highest BCUT2D eigenvalue weighted by Gasteiger charge is 2.63. The number of alkyl halides is 5. The Labute approximate surface area is 145 Å². The molecule has 0 aromatic carbocycles. The number of pyridine rings is 1. The number of halogens is 5. The van der Waals surface area contributed by atoms with Gasteiger partial charge in [-0.3, -0.25) is 0 Å². The molecule has 1 unspecified atom stereocenters. The lowest BCUT2D eigenvalue weighted by Crippen LogP contribution is -2.45. The summed E-state index contributed by atoms with van der Waals surface area (Å²) in [7, 11) is 0. The number of nitrogens with zero attached hydrogens (tertiary/aromatic N) is 4. The van der Waals surface area contributed by atoms with Crippen LogP contribution in [0.3, 0.4) is 0 Å². The van der Waals surface area contributed by atoms with E-state index in [0.29, 0.717) is 5.82 Å². The SMILES string of the molecule is FC1(F)CC(c2noc(C3(C(F)(F)F)CCN(c4ccccn4)C3)n2)C1. The normalized spacial score (nSPS) is 26.1. The quantitative estimate of drug-likeness (QED) is 0.767. The molecule has 4 rings (SSSR count). The Morgan fingerprint density at radius 1 is 1.19 bits per heavy atom. The second-order valence-electron chi connectivity index (χ2n) is 6.86. The molecule has 1 saturated heterocycles. The Bertz CT molecular complexity index is 785. The van der Waals surface area contributed by atoms with Gasteiger partial charge in [0.15, 0.2) is 11.2 Å². The number of hydrogen-bond acceptors (Lipinski definition) is 5. The summed E-state index contributed by atoms with van der Waals surface area (Å²) in [6.45, 7) is -0.286. The van der Waals surface area contributed by atoms with Crippen molar-refractivity contribution in [3.63, 3.8) is 0 Å². The van der Waals surface area contributed by atoms with E-state index in [1.54, 1.807) is 18.2 Å². The molecule has 0 N–H and O–H groups in total. The summed E-state index contributed by atoms with van der Waals surface area (Å²) in [6, 6.07) is 4.99. The summed E-state index contributed by atoms with van der Waals surface area (Å²) in [5, 5.41) is 3.55. The lowest BCUT2D eigenvalue weighted by atomic mass is 9.80. The summed E-state index contributed by atoms with van der Waals surface area (Å²) in [5.41, 5.74) is -2.33. The molecule has 0 bridgehead atoms. The molecule has 26 heavy (non-hydrogen) atoms. The molecule has 10 heteroatoms. The first-order valence-corrected chi connectivity index (χ1v) is 8.15. The molecule has 2 aromatic heterocycles.